The van der Waals surface area contributed by atoms with Crippen LogP contribution in [-0.4, -0.2) is 56.7 Å². The summed E-state index contributed by atoms with van der Waals surface area (Å²) in [5.41, 5.74) is 3.77. The lowest BCUT2D eigenvalue weighted by molar-refractivity contribution is 0.0628. The minimum Gasteiger partial charge on any atom is -0.336 e. The van der Waals surface area contributed by atoms with E-state index in [0.29, 0.717) is 30.0 Å². The predicted molar refractivity (Wildman–Crippen MR) is 126 cm³/mol. The molecular weight excluding hydrogens is 441 g/mol. The van der Waals surface area contributed by atoms with Crippen LogP contribution in [0.25, 0.3) is 16.6 Å². The number of nitrogens with zero attached hydrogens (tertiary/aromatic N) is 5. The van der Waals surface area contributed by atoms with Gasteiger partial charge in [-0.05, 0) is 42.8 Å². The van der Waals surface area contributed by atoms with Crippen molar-refractivity contribution in [2.75, 3.05) is 26.2 Å². The van der Waals surface area contributed by atoms with Gasteiger partial charge in [0.25, 0.3) is 5.91 Å². The molecule has 1 fully saturated rings. The number of halogens is 2. The maximum Gasteiger partial charge on any atom is 0.258 e. The summed E-state index contributed by atoms with van der Waals surface area (Å²) < 4.78 is 14.8. The quantitative estimate of drug-likeness (QED) is 0.448. The zero-order valence-electron chi connectivity index (χ0n) is 18.2. The molecule has 0 atom stereocenters. The Kier molecular flexibility index (Phi) is 5.83. The first-order chi connectivity index (χ1) is 16.0. The number of benzene rings is 2. The molecule has 8 heteroatoms. The van der Waals surface area contributed by atoms with Gasteiger partial charge in [-0.1, -0.05) is 35.9 Å². The number of pyridine rings is 1. The number of hydrogen-bond donors (Lipinski definition) is 0. The minimum atomic E-state index is -0.341. The van der Waals surface area contributed by atoms with E-state index >= 15 is 0 Å². The maximum atomic E-state index is 13.3. The number of rotatable bonds is 4. The van der Waals surface area contributed by atoms with Crippen LogP contribution < -0.4 is 0 Å². The van der Waals surface area contributed by atoms with E-state index in [4.69, 9.17) is 11.6 Å². The van der Waals surface area contributed by atoms with Gasteiger partial charge >= 0.3 is 0 Å². The van der Waals surface area contributed by atoms with E-state index in [1.54, 1.807) is 19.1 Å². The Balaban J connectivity index is 1.29. The van der Waals surface area contributed by atoms with E-state index in [1.807, 2.05) is 17.2 Å². The molecule has 2 aromatic carbocycles. The van der Waals surface area contributed by atoms with Crippen molar-refractivity contribution < 1.29 is 9.18 Å². The fraction of sp³-hybridized carbons (Fsp3) is 0.240. The number of hydrogen-bond acceptors (Lipinski definition) is 4. The molecule has 1 amide bonds. The lowest BCUT2D eigenvalue weighted by Crippen LogP contribution is -2.48. The van der Waals surface area contributed by atoms with E-state index in [0.717, 1.165) is 30.5 Å². The van der Waals surface area contributed by atoms with Crippen molar-refractivity contribution >= 4 is 28.4 Å². The molecule has 6 nitrogen and oxygen atoms in total. The average Bonchev–Trinajstić information content (AvgIpc) is 3.13. The van der Waals surface area contributed by atoms with Gasteiger partial charge in [0.05, 0.1) is 22.5 Å². The molecular formula is C25H23ClFN5O. The van der Waals surface area contributed by atoms with Crippen LogP contribution >= 0.6 is 11.6 Å². The van der Waals surface area contributed by atoms with E-state index in [1.165, 1.54) is 22.4 Å². The summed E-state index contributed by atoms with van der Waals surface area (Å²) >= 11 is 6.55. The van der Waals surface area contributed by atoms with Crippen molar-refractivity contribution in [2.24, 2.45) is 0 Å². The van der Waals surface area contributed by atoms with E-state index in [-0.39, 0.29) is 16.9 Å². The van der Waals surface area contributed by atoms with E-state index in [9.17, 15) is 9.18 Å². The third kappa shape index (κ3) is 4.21. The number of aromatic nitrogens is 3. The van der Waals surface area contributed by atoms with Gasteiger partial charge < -0.3 is 4.90 Å². The molecule has 2 aromatic heterocycles. The molecule has 3 heterocycles. The maximum absolute atomic E-state index is 13.3. The number of piperazine rings is 1. The summed E-state index contributed by atoms with van der Waals surface area (Å²) in [5.74, 6) is -0.468. The monoisotopic (exact) mass is 463 g/mol. The largest absolute Gasteiger partial charge is 0.336 e. The summed E-state index contributed by atoms with van der Waals surface area (Å²) in [6, 6.07) is 16.1. The van der Waals surface area contributed by atoms with Crippen LogP contribution in [-0.2, 0) is 6.54 Å². The second-order valence-electron chi connectivity index (χ2n) is 8.20. The molecule has 1 saturated heterocycles. The van der Waals surface area contributed by atoms with Crippen molar-refractivity contribution in [3.8, 4) is 5.69 Å². The van der Waals surface area contributed by atoms with Crippen molar-refractivity contribution in [3.05, 3.63) is 88.6 Å². The number of para-hydroxylation sites is 1. The second-order valence-corrected chi connectivity index (χ2v) is 8.56. The number of amides is 1. The van der Waals surface area contributed by atoms with E-state index < -0.39 is 0 Å². The highest BCUT2D eigenvalue weighted by Gasteiger charge is 2.28. The van der Waals surface area contributed by atoms with Crippen LogP contribution in [0, 0.1) is 12.7 Å². The van der Waals surface area contributed by atoms with Gasteiger partial charge in [0.1, 0.15) is 11.0 Å². The van der Waals surface area contributed by atoms with Crippen LogP contribution in [0.3, 0.4) is 0 Å². The molecule has 1 aliphatic rings. The van der Waals surface area contributed by atoms with Crippen LogP contribution in [0.5, 0.6) is 0 Å². The highest BCUT2D eigenvalue weighted by molar-refractivity contribution is 6.33. The molecule has 4 aromatic rings. The number of carbonyl (C=O) groups excluding carboxylic acids is 1. The lowest BCUT2D eigenvalue weighted by atomic mass is 10.1. The van der Waals surface area contributed by atoms with Gasteiger partial charge in [-0.2, -0.15) is 5.10 Å². The first-order valence-electron chi connectivity index (χ1n) is 10.9. The molecule has 5 rings (SSSR count). The van der Waals surface area contributed by atoms with Gasteiger partial charge in [-0.25, -0.2) is 9.07 Å². The third-order valence-corrected chi connectivity index (χ3v) is 6.41. The van der Waals surface area contributed by atoms with Gasteiger partial charge in [-0.15, -0.1) is 0 Å². The van der Waals surface area contributed by atoms with Crippen LogP contribution in [0.15, 0.2) is 60.8 Å². The molecule has 0 radical (unpaired) electrons. The minimum absolute atomic E-state index is 0.127. The van der Waals surface area contributed by atoms with Gasteiger partial charge in [-0.3, -0.25) is 14.7 Å². The number of aryl methyl sites for hydroxylation is 1. The number of fused-ring (bicyclic) bond motifs is 1. The summed E-state index contributed by atoms with van der Waals surface area (Å²) in [6.07, 6.45) is 1.82. The summed E-state index contributed by atoms with van der Waals surface area (Å²) in [7, 11) is 0. The Hall–Kier alpha value is -3.29. The van der Waals surface area contributed by atoms with Crippen LogP contribution in [0.4, 0.5) is 4.39 Å². The smallest absolute Gasteiger partial charge is 0.258 e. The molecule has 168 valence electrons. The molecule has 1 aliphatic heterocycles. The SMILES string of the molecule is Cc1nn(-c2ccc(F)cc2)c(Cl)c1C(=O)N1CCN(Cc2cccc3cccnc23)CC1. The Morgan fingerprint density at radius 1 is 1.03 bits per heavy atom. The normalized spacial score (nSPS) is 14.7. The Morgan fingerprint density at radius 3 is 2.52 bits per heavy atom. The Bertz CT molecular complexity index is 1310. The molecule has 0 saturated carbocycles. The highest BCUT2D eigenvalue weighted by atomic mass is 35.5. The van der Waals surface area contributed by atoms with Gasteiger partial charge in [0.2, 0.25) is 0 Å². The fourth-order valence-electron chi connectivity index (χ4n) is 4.30. The highest BCUT2D eigenvalue weighted by Crippen LogP contribution is 2.26. The van der Waals surface area contributed by atoms with Crippen molar-refractivity contribution in [1.82, 2.24) is 24.6 Å². The first kappa shape index (κ1) is 21.6. The second kappa shape index (κ2) is 8.92. The zero-order chi connectivity index (χ0) is 22.9. The summed E-state index contributed by atoms with van der Waals surface area (Å²) in [6.45, 7) is 5.29. The summed E-state index contributed by atoms with van der Waals surface area (Å²) in [5, 5.41) is 5.80. The summed E-state index contributed by atoms with van der Waals surface area (Å²) in [4.78, 5) is 22.0. The molecule has 0 spiro atoms. The molecule has 0 unspecified atom stereocenters. The molecule has 0 N–H and O–H groups in total. The molecule has 0 bridgehead atoms. The van der Waals surface area contributed by atoms with E-state index in [2.05, 4.69) is 39.2 Å². The van der Waals surface area contributed by atoms with Crippen LogP contribution in [0.2, 0.25) is 5.15 Å². The van der Waals surface area contributed by atoms with Crippen molar-refractivity contribution in [1.29, 1.82) is 0 Å². The Labute approximate surface area is 196 Å². The third-order valence-electron chi connectivity index (χ3n) is 6.06. The molecule has 33 heavy (non-hydrogen) atoms. The van der Waals surface area contributed by atoms with Crippen molar-refractivity contribution in [3.63, 3.8) is 0 Å². The predicted octanol–water partition coefficient (Wildman–Crippen LogP) is 4.48. The lowest BCUT2D eigenvalue weighted by Gasteiger charge is -2.34. The fourth-order valence-corrected chi connectivity index (χ4v) is 4.65. The number of carbonyl (C=O) groups is 1. The topological polar surface area (TPSA) is 54.3 Å². The van der Waals surface area contributed by atoms with Gasteiger partial charge in [0, 0.05) is 44.3 Å². The first-order valence-corrected chi connectivity index (χ1v) is 11.2. The van der Waals surface area contributed by atoms with Crippen molar-refractivity contribution in [2.45, 2.75) is 13.5 Å². The Morgan fingerprint density at radius 2 is 1.76 bits per heavy atom. The van der Waals surface area contributed by atoms with Crippen LogP contribution in [0.1, 0.15) is 21.6 Å². The standard InChI is InChI=1S/C25H23ClFN5O/c1-17-22(24(26)32(29-17)21-9-7-20(27)8-10-21)25(33)31-14-12-30(13-15-31)16-19-5-2-4-18-6-3-11-28-23(18)19/h2-11H,12-16H2,1H3. The molecule has 0 aliphatic carbocycles. The zero-order valence-corrected chi connectivity index (χ0v) is 19.0. The van der Waals surface area contributed by atoms with Gasteiger partial charge in [0.15, 0.2) is 0 Å². The average molecular weight is 464 g/mol.